The summed E-state index contributed by atoms with van der Waals surface area (Å²) < 4.78 is 0. The summed E-state index contributed by atoms with van der Waals surface area (Å²) >= 11 is 0. The van der Waals surface area contributed by atoms with Crippen LogP contribution in [0.25, 0.3) is 33.0 Å². The van der Waals surface area contributed by atoms with Gasteiger partial charge in [-0.2, -0.15) is 0 Å². The fraction of sp³-hybridized carbons (Fsp3) is 0. The molecule has 0 aliphatic carbocycles. The zero-order valence-corrected chi connectivity index (χ0v) is 31.0. The van der Waals surface area contributed by atoms with E-state index in [1.54, 1.807) is 0 Å². The third-order valence-corrected chi connectivity index (χ3v) is 15.4. The molecule has 0 saturated carbocycles. The molecule has 9 aromatic rings. The molecule has 1 nitrogen and oxygen atoms in total. The molecule has 0 aliphatic heterocycles. The van der Waals surface area contributed by atoms with Gasteiger partial charge in [0, 0.05) is 16.8 Å². The minimum atomic E-state index is -2.58. The van der Waals surface area contributed by atoms with Crippen LogP contribution in [0.4, 0.5) is 17.1 Å². The molecule has 54 heavy (non-hydrogen) atoms. The highest BCUT2D eigenvalue weighted by molar-refractivity contribution is 7.19. The Morgan fingerprint density at radius 2 is 0.611 bits per heavy atom. The van der Waals surface area contributed by atoms with Gasteiger partial charge in [0.25, 0.3) is 0 Å². The van der Waals surface area contributed by atoms with E-state index in [-0.39, 0.29) is 0 Å². The molecular weight excluding hydrogens is 667 g/mol. The summed E-state index contributed by atoms with van der Waals surface area (Å²) in [5.41, 5.74) is 8.19. The first-order valence-electron chi connectivity index (χ1n) is 18.6. The Morgan fingerprint density at radius 3 is 1.09 bits per heavy atom. The van der Waals surface area contributed by atoms with Gasteiger partial charge in [-0.1, -0.05) is 206 Å². The second-order valence-corrected chi connectivity index (χ2v) is 17.5. The molecule has 0 spiro atoms. The summed E-state index contributed by atoms with van der Waals surface area (Å²) in [6, 6.07) is 86.4. The van der Waals surface area contributed by atoms with Crippen molar-refractivity contribution >= 4 is 56.7 Å². The van der Waals surface area contributed by atoms with Crippen molar-refractivity contribution < 1.29 is 0 Å². The molecule has 0 fully saturated rings. The summed E-state index contributed by atoms with van der Waals surface area (Å²) in [4.78, 5) is 2.38. The Labute approximate surface area is 319 Å². The van der Waals surface area contributed by atoms with Gasteiger partial charge in [-0.25, -0.2) is 0 Å². The molecule has 0 heterocycles. The smallest absolute Gasteiger partial charge is 0.179 e. The molecule has 9 aromatic carbocycles. The SMILES string of the molecule is c1ccc(-c2ccc(N(c3ccc(-c4ccc([Si](c5ccccc5)(c5ccccc5)c5ccccc5)cc4)cc3)c3cccc4ccccc34)cc2)cc1. The molecular formula is C52H39NSi. The van der Waals surface area contributed by atoms with Crippen LogP contribution in [0, 0.1) is 0 Å². The first-order chi connectivity index (χ1) is 26.8. The molecule has 2 heteroatoms. The summed E-state index contributed by atoms with van der Waals surface area (Å²) in [7, 11) is -2.58. The van der Waals surface area contributed by atoms with Gasteiger partial charge in [0.2, 0.25) is 0 Å². The maximum Gasteiger partial charge on any atom is 0.179 e. The average molecular weight is 706 g/mol. The summed E-state index contributed by atoms with van der Waals surface area (Å²) in [5.74, 6) is 0. The fourth-order valence-electron chi connectivity index (χ4n) is 8.04. The maximum atomic E-state index is 2.38. The summed E-state index contributed by atoms with van der Waals surface area (Å²) in [5, 5.41) is 7.94. The number of fused-ring (bicyclic) bond motifs is 1. The van der Waals surface area contributed by atoms with Crippen LogP contribution in [0.5, 0.6) is 0 Å². The molecule has 0 aliphatic rings. The Kier molecular flexibility index (Phi) is 9.02. The molecule has 0 bridgehead atoms. The molecule has 0 amide bonds. The van der Waals surface area contributed by atoms with E-state index in [1.165, 1.54) is 53.8 Å². The molecule has 0 radical (unpaired) electrons. The van der Waals surface area contributed by atoms with E-state index >= 15 is 0 Å². The normalized spacial score (nSPS) is 11.3. The Bertz CT molecular complexity index is 2500. The van der Waals surface area contributed by atoms with E-state index in [2.05, 4.69) is 241 Å². The first kappa shape index (κ1) is 33.1. The van der Waals surface area contributed by atoms with Crippen molar-refractivity contribution in [3.63, 3.8) is 0 Å². The van der Waals surface area contributed by atoms with Crippen LogP contribution in [0.15, 0.2) is 237 Å². The minimum absolute atomic E-state index is 1.11. The highest BCUT2D eigenvalue weighted by Gasteiger charge is 2.41. The van der Waals surface area contributed by atoms with Crippen LogP contribution in [-0.2, 0) is 0 Å². The van der Waals surface area contributed by atoms with E-state index < -0.39 is 8.07 Å². The first-order valence-corrected chi connectivity index (χ1v) is 20.6. The zero-order valence-electron chi connectivity index (χ0n) is 30.0. The van der Waals surface area contributed by atoms with E-state index in [0.29, 0.717) is 0 Å². The van der Waals surface area contributed by atoms with Crippen LogP contribution in [-0.4, -0.2) is 8.07 Å². The molecule has 0 unspecified atom stereocenters. The van der Waals surface area contributed by atoms with Crippen molar-refractivity contribution in [2.45, 2.75) is 0 Å². The van der Waals surface area contributed by atoms with Crippen molar-refractivity contribution in [1.82, 2.24) is 0 Å². The number of hydrogen-bond acceptors (Lipinski definition) is 1. The van der Waals surface area contributed by atoms with Crippen LogP contribution >= 0.6 is 0 Å². The number of rotatable bonds is 9. The monoisotopic (exact) mass is 705 g/mol. The van der Waals surface area contributed by atoms with Crippen LogP contribution in [0.3, 0.4) is 0 Å². The lowest BCUT2D eigenvalue weighted by molar-refractivity contribution is 1.30. The largest absolute Gasteiger partial charge is 0.310 e. The van der Waals surface area contributed by atoms with E-state index in [4.69, 9.17) is 0 Å². The van der Waals surface area contributed by atoms with Gasteiger partial charge in [-0.3, -0.25) is 0 Å². The predicted molar refractivity (Wildman–Crippen MR) is 233 cm³/mol. The fourth-order valence-corrected chi connectivity index (χ4v) is 12.8. The molecule has 9 rings (SSSR count). The maximum absolute atomic E-state index is 2.58. The van der Waals surface area contributed by atoms with Crippen molar-refractivity contribution in [2.75, 3.05) is 4.90 Å². The molecule has 0 aromatic heterocycles. The average Bonchev–Trinajstić information content (AvgIpc) is 3.26. The second kappa shape index (κ2) is 14.7. The number of nitrogens with zero attached hydrogens (tertiary/aromatic N) is 1. The van der Waals surface area contributed by atoms with Gasteiger partial charge in [0.15, 0.2) is 8.07 Å². The highest BCUT2D eigenvalue weighted by atomic mass is 28.3. The third-order valence-electron chi connectivity index (χ3n) is 10.6. The predicted octanol–water partition coefficient (Wildman–Crippen LogP) is 11.0. The van der Waals surface area contributed by atoms with E-state index in [0.717, 1.165) is 17.1 Å². The van der Waals surface area contributed by atoms with Gasteiger partial charge < -0.3 is 4.90 Å². The number of anilines is 3. The van der Waals surface area contributed by atoms with Crippen molar-refractivity contribution in [2.24, 2.45) is 0 Å². The van der Waals surface area contributed by atoms with E-state index in [1.807, 2.05) is 0 Å². The van der Waals surface area contributed by atoms with Gasteiger partial charge in [-0.15, -0.1) is 0 Å². The van der Waals surface area contributed by atoms with Crippen molar-refractivity contribution in [1.29, 1.82) is 0 Å². The quantitative estimate of drug-likeness (QED) is 0.107. The Balaban J connectivity index is 1.11. The molecule has 0 N–H and O–H groups in total. The number of benzene rings is 9. The lowest BCUT2D eigenvalue weighted by atomic mass is 10.0. The standard InChI is InChI=1S/C52H39NSi/c1-5-16-40(17-6-1)41-28-34-45(35-29-41)53(52-27-15-19-44-18-13-14-26-51(44)52)46-36-30-42(31-37-46)43-32-38-50(39-33-43)54(47-20-7-2-8-21-47,48-22-9-3-10-23-48)49-24-11-4-12-25-49/h1-39H. The number of hydrogen-bond donors (Lipinski definition) is 0. The van der Waals surface area contributed by atoms with E-state index in [9.17, 15) is 0 Å². The Morgan fingerprint density at radius 1 is 0.259 bits per heavy atom. The van der Waals surface area contributed by atoms with Gasteiger partial charge in [-0.05, 0) is 78.7 Å². The zero-order chi connectivity index (χ0) is 36.2. The minimum Gasteiger partial charge on any atom is -0.310 e. The lowest BCUT2D eigenvalue weighted by Crippen LogP contribution is -2.74. The van der Waals surface area contributed by atoms with Crippen molar-refractivity contribution in [3.05, 3.63) is 237 Å². The van der Waals surface area contributed by atoms with Gasteiger partial charge >= 0.3 is 0 Å². The molecule has 0 saturated heterocycles. The summed E-state index contributed by atoms with van der Waals surface area (Å²) in [6.07, 6.45) is 0. The van der Waals surface area contributed by atoms with Gasteiger partial charge in [0.1, 0.15) is 0 Å². The highest BCUT2D eigenvalue weighted by Crippen LogP contribution is 2.40. The summed E-state index contributed by atoms with van der Waals surface area (Å²) in [6.45, 7) is 0. The second-order valence-electron chi connectivity index (χ2n) is 13.7. The molecule has 256 valence electrons. The third kappa shape index (κ3) is 6.13. The van der Waals surface area contributed by atoms with Crippen LogP contribution < -0.4 is 25.6 Å². The molecule has 0 atom stereocenters. The lowest BCUT2D eigenvalue weighted by Gasteiger charge is -2.34. The topological polar surface area (TPSA) is 3.24 Å². The van der Waals surface area contributed by atoms with Crippen molar-refractivity contribution in [3.8, 4) is 22.3 Å². The van der Waals surface area contributed by atoms with Crippen LogP contribution in [0.1, 0.15) is 0 Å². The Hall–Kier alpha value is -6.74. The van der Waals surface area contributed by atoms with Crippen LogP contribution in [0.2, 0.25) is 0 Å². The van der Waals surface area contributed by atoms with Gasteiger partial charge in [0.05, 0.1) is 5.69 Å².